The van der Waals surface area contributed by atoms with Crippen molar-refractivity contribution < 1.29 is 13.0 Å². The highest BCUT2D eigenvalue weighted by molar-refractivity contribution is 5.61. The minimum Gasteiger partial charge on any atom is -0.412 e. The zero-order valence-electron chi connectivity index (χ0n) is 11.3. The molecule has 0 fully saturated rings. The molecule has 1 unspecified atom stereocenters. The molecule has 2 heteroatoms. The molecule has 0 saturated heterocycles. The van der Waals surface area contributed by atoms with Crippen LogP contribution in [-0.2, 0) is 11.2 Å². The third-order valence-corrected chi connectivity index (χ3v) is 2.11. The lowest BCUT2D eigenvalue weighted by Crippen LogP contribution is -1.97. The maximum atomic E-state index is 10.8. The van der Waals surface area contributed by atoms with Crippen molar-refractivity contribution in [1.29, 1.82) is 0 Å². The van der Waals surface area contributed by atoms with Crippen LogP contribution in [0.15, 0.2) is 24.3 Å². The Balaban J connectivity index is 0.00000256. The summed E-state index contributed by atoms with van der Waals surface area (Å²) < 4.78 is 15.1. The zero-order chi connectivity index (χ0) is 12.2. The second kappa shape index (κ2) is 6.36. The predicted molar refractivity (Wildman–Crippen MR) is 63.1 cm³/mol. The summed E-state index contributed by atoms with van der Waals surface area (Å²) in [6.07, 6.45) is 1.53. The SMILES string of the molecule is O.[2H]CC([2H])(C=O)c1ccc(CC(C)C)cc1. The van der Waals surface area contributed by atoms with E-state index >= 15 is 0 Å². The van der Waals surface area contributed by atoms with E-state index in [2.05, 4.69) is 13.8 Å². The van der Waals surface area contributed by atoms with Crippen LogP contribution in [0.25, 0.3) is 0 Å². The van der Waals surface area contributed by atoms with Crippen molar-refractivity contribution in [3.05, 3.63) is 35.4 Å². The molecule has 0 aromatic heterocycles. The maximum absolute atomic E-state index is 10.8. The summed E-state index contributed by atoms with van der Waals surface area (Å²) in [4.78, 5) is 10.8. The van der Waals surface area contributed by atoms with Crippen LogP contribution in [0.2, 0.25) is 0 Å². The number of carbonyl (C=O) groups excluding carboxylic acids is 1. The van der Waals surface area contributed by atoms with Crippen molar-refractivity contribution in [3.63, 3.8) is 0 Å². The van der Waals surface area contributed by atoms with Gasteiger partial charge >= 0.3 is 0 Å². The fraction of sp³-hybridized carbons (Fsp3) is 0.462. The lowest BCUT2D eigenvalue weighted by Gasteiger charge is -2.07. The van der Waals surface area contributed by atoms with Crippen molar-refractivity contribution in [3.8, 4) is 0 Å². The smallest absolute Gasteiger partial charge is 0.127 e. The van der Waals surface area contributed by atoms with Gasteiger partial charge in [-0.25, -0.2) is 0 Å². The Kier molecular flexibility index (Phi) is 4.39. The lowest BCUT2D eigenvalue weighted by molar-refractivity contribution is -0.108. The molecule has 15 heavy (non-hydrogen) atoms. The third-order valence-electron chi connectivity index (χ3n) is 2.11. The summed E-state index contributed by atoms with van der Waals surface area (Å²) in [5.74, 6) is -0.815. The Morgan fingerprint density at radius 1 is 1.40 bits per heavy atom. The highest BCUT2D eigenvalue weighted by Gasteiger charge is 2.03. The van der Waals surface area contributed by atoms with Crippen LogP contribution in [0.4, 0.5) is 0 Å². The van der Waals surface area contributed by atoms with E-state index in [1.54, 1.807) is 12.1 Å². The Bertz CT molecular complexity index is 349. The van der Waals surface area contributed by atoms with Crippen molar-refractivity contribution in [2.45, 2.75) is 33.1 Å². The van der Waals surface area contributed by atoms with Gasteiger partial charge < -0.3 is 10.3 Å². The predicted octanol–water partition coefficient (Wildman–Crippen LogP) is 2.36. The molecule has 84 valence electrons. The molecule has 0 bridgehead atoms. The molecule has 0 aliphatic heterocycles. The van der Waals surface area contributed by atoms with Crippen LogP contribution in [0.5, 0.6) is 0 Å². The zero-order valence-corrected chi connectivity index (χ0v) is 9.29. The molecule has 1 aromatic carbocycles. The van der Waals surface area contributed by atoms with E-state index < -0.39 is 5.89 Å². The van der Waals surface area contributed by atoms with E-state index in [1.165, 1.54) is 5.56 Å². The maximum Gasteiger partial charge on any atom is 0.127 e. The molecular formula is C13H20O2. The van der Waals surface area contributed by atoms with Gasteiger partial charge in [-0.2, -0.15) is 0 Å². The molecule has 1 aromatic rings. The molecule has 1 rings (SSSR count). The Hall–Kier alpha value is -1.15. The summed E-state index contributed by atoms with van der Waals surface area (Å²) in [6.45, 7) is 4.07. The quantitative estimate of drug-likeness (QED) is 0.704. The molecule has 0 radical (unpaired) electrons. The molecule has 0 heterocycles. The Morgan fingerprint density at radius 3 is 2.40 bits per heavy atom. The molecule has 2 N–H and O–H groups in total. The largest absolute Gasteiger partial charge is 0.412 e. The van der Waals surface area contributed by atoms with Gasteiger partial charge in [0, 0.05) is 8.64 Å². The van der Waals surface area contributed by atoms with Gasteiger partial charge in [-0.3, -0.25) is 0 Å². The molecule has 2 nitrogen and oxygen atoms in total. The average molecular weight is 210 g/mol. The molecule has 0 amide bonds. The van der Waals surface area contributed by atoms with Crippen LogP contribution < -0.4 is 0 Å². The van der Waals surface area contributed by atoms with Gasteiger partial charge in [0.2, 0.25) is 0 Å². The van der Waals surface area contributed by atoms with E-state index in [1.807, 2.05) is 12.1 Å². The molecule has 1 atom stereocenters. The molecule has 0 aliphatic rings. The van der Waals surface area contributed by atoms with Gasteiger partial charge in [0.1, 0.15) is 6.29 Å². The van der Waals surface area contributed by atoms with Crippen LogP contribution in [0.3, 0.4) is 0 Å². The minimum atomic E-state index is -1.41. The van der Waals surface area contributed by atoms with Crippen molar-refractivity contribution in [1.82, 2.24) is 0 Å². The van der Waals surface area contributed by atoms with Gasteiger partial charge in [0.25, 0.3) is 0 Å². The van der Waals surface area contributed by atoms with Gasteiger partial charge in [0.15, 0.2) is 0 Å². The summed E-state index contributed by atoms with van der Waals surface area (Å²) in [6, 6.07) is 7.46. The van der Waals surface area contributed by atoms with E-state index in [9.17, 15) is 4.79 Å². The topological polar surface area (TPSA) is 48.6 Å². The van der Waals surface area contributed by atoms with Crippen LogP contribution in [-0.4, -0.2) is 11.8 Å². The second-order valence-electron chi connectivity index (χ2n) is 3.94. The highest BCUT2D eigenvalue weighted by atomic mass is 16.1. The average Bonchev–Trinajstić information content (AvgIpc) is 2.28. The summed E-state index contributed by atoms with van der Waals surface area (Å²) in [7, 11) is 0. The molecule has 0 spiro atoms. The highest BCUT2D eigenvalue weighted by Crippen LogP contribution is 2.15. The van der Waals surface area contributed by atoms with Gasteiger partial charge in [-0.1, -0.05) is 45.0 Å². The van der Waals surface area contributed by atoms with Crippen LogP contribution in [0.1, 0.15) is 40.5 Å². The number of rotatable bonds is 4. The fourth-order valence-electron chi connectivity index (χ4n) is 1.39. The Labute approximate surface area is 94.4 Å². The first kappa shape index (κ1) is 10.4. The van der Waals surface area contributed by atoms with Crippen LogP contribution >= 0.6 is 0 Å². The van der Waals surface area contributed by atoms with Crippen LogP contribution in [0, 0.1) is 5.92 Å². The second-order valence-corrected chi connectivity index (χ2v) is 3.94. The summed E-state index contributed by atoms with van der Waals surface area (Å²) >= 11 is 0. The fourth-order valence-corrected chi connectivity index (χ4v) is 1.39. The van der Waals surface area contributed by atoms with Gasteiger partial charge in [-0.15, -0.1) is 0 Å². The normalized spacial score (nSPS) is 15.9. The molecular weight excluding hydrogens is 188 g/mol. The number of hydrogen-bond donors (Lipinski definition) is 0. The number of aldehydes is 1. The summed E-state index contributed by atoms with van der Waals surface area (Å²) in [5, 5.41) is 0. The first-order valence-corrected chi connectivity index (χ1v) is 4.87. The number of carbonyl (C=O) groups is 1. The first-order valence-electron chi connectivity index (χ1n) is 6.07. The van der Waals surface area contributed by atoms with E-state index in [-0.39, 0.29) is 12.4 Å². The van der Waals surface area contributed by atoms with Gasteiger partial charge in [-0.05, 0) is 23.5 Å². The van der Waals surface area contributed by atoms with Crippen molar-refractivity contribution in [2.24, 2.45) is 5.92 Å². The first-order chi connectivity index (χ1) is 7.51. The van der Waals surface area contributed by atoms with Crippen molar-refractivity contribution in [2.75, 3.05) is 0 Å². The van der Waals surface area contributed by atoms with Crippen molar-refractivity contribution >= 4 is 6.29 Å². The third kappa shape index (κ3) is 4.26. The number of benzene rings is 1. The number of hydrogen-bond acceptors (Lipinski definition) is 1. The van der Waals surface area contributed by atoms with E-state index in [4.69, 9.17) is 2.74 Å². The Morgan fingerprint density at radius 2 is 2.00 bits per heavy atom. The monoisotopic (exact) mass is 210 g/mol. The standard InChI is InChI=1S/C13H18O.H2O/c1-10(2)8-12-4-6-13(7-5-12)11(3)9-14;/h4-7,9-11H,8H2,1-3H3;1H2/i3D,11D;. The lowest BCUT2D eigenvalue weighted by atomic mass is 9.98. The van der Waals surface area contributed by atoms with E-state index in [0.29, 0.717) is 17.8 Å². The molecule has 0 saturated carbocycles. The summed E-state index contributed by atoms with van der Waals surface area (Å²) in [5.41, 5.74) is 1.81. The van der Waals surface area contributed by atoms with Gasteiger partial charge in [0.05, 0.1) is 0 Å². The van der Waals surface area contributed by atoms with E-state index in [0.717, 1.165) is 6.42 Å². The minimum absolute atomic E-state index is 0. The molecule has 0 aliphatic carbocycles.